The predicted octanol–water partition coefficient (Wildman–Crippen LogP) is 4.29. The lowest BCUT2D eigenvalue weighted by Gasteiger charge is -2.03. The number of hydrogen-bond acceptors (Lipinski definition) is 1. The van der Waals surface area contributed by atoms with Crippen molar-refractivity contribution < 1.29 is 4.79 Å². The van der Waals surface area contributed by atoms with Gasteiger partial charge in [-0.3, -0.25) is 4.79 Å². The van der Waals surface area contributed by atoms with Crippen molar-refractivity contribution >= 4 is 16.7 Å². The van der Waals surface area contributed by atoms with Crippen LogP contribution >= 0.6 is 0 Å². The summed E-state index contributed by atoms with van der Waals surface area (Å²) in [7, 11) is 0. The van der Waals surface area contributed by atoms with Gasteiger partial charge in [0.05, 0.1) is 0 Å². The highest BCUT2D eigenvalue weighted by Gasteiger charge is 2.00. The summed E-state index contributed by atoms with van der Waals surface area (Å²) in [6, 6.07) is 24.2. The molecule has 0 saturated heterocycles. The molecule has 0 fully saturated rings. The van der Waals surface area contributed by atoms with Crippen molar-refractivity contribution in [1.29, 1.82) is 0 Å². The van der Waals surface area contributed by atoms with E-state index in [9.17, 15) is 4.79 Å². The third kappa shape index (κ3) is 4.24. The Morgan fingerprint density at radius 2 is 1.62 bits per heavy atom. The van der Waals surface area contributed by atoms with E-state index in [4.69, 9.17) is 0 Å². The van der Waals surface area contributed by atoms with Gasteiger partial charge in [-0.25, -0.2) is 0 Å². The molecule has 3 aromatic carbocycles. The third-order valence-electron chi connectivity index (χ3n) is 3.82. The first-order valence-corrected chi connectivity index (χ1v) is 8.10. The van der Waals surface area contributed by atoms with Crippen LogP contribution in [0.15, 0.2) is 72.8 Å². The van der Waals surface area contributed by atoms with Gasteiger partial charge < -0.3 is 5.32 Å². The highest BCUT2D eigenvalue weighted by Crippen LogP contribution is 2.17. The van der Waals surface area contributed by atoms with E-state index in [0.29, 0.717) is 19.4 Å². The van der Waals surface area contributed by atoms with Crippen molar-refractivity contribution in [3.8, 4) is 11.8 Å². The molecule has 0 spiro atoms. The zero-order chi connectivity index (χ0) is 16.6. The van der Waals surface area contributed by atoms with Gasteiger partial charge in [0.25, 0.3) is 0 Å². The number of benzene rings is 3. The van der Waals surface area contributed by atoms with E-state index in [1.807, 2.05) is 54.6 Å². The number of carbonyl (C=O) groups is 1. The number of fused-ring (bicyclic) bond motifs is 1. The fourth-order valence-corrected chi connectivity index (χ4v) is 2.55. The molecule has 1 amide bonds. The van der Waals surface area contributed by atoms with Crippen LogP contribution in [0.3, 0.4) is 0 Å². The Balaban J connectivity index is 1.53. The predicted molar refractivity (Wildman–Crippen MR) is 98.3 cm³/mol. The smallest absolute Gasteiger partial charge is 0.221 e. The van der Waals surface area contributed by atoms with Gasteiger partial charge >= 0.3 is 0 Å². The molecule has 0 radical (unpaired) electrons. The molecule has 0 unspecified atom stereocenters. The van der Waals surface area contributed by atoms with Crippen LogP contribution in [-0.4, -0.2) is 5.91 Å². The highest BCUT2D eigenvalue weighted by molar-refractivity contribution is 5.88. The number of amides is 1. The monoisotopic (exact) mass is 313 g/mol. The number of rotatable bonds is 4. The minimum absolute atomic E-state index is 0.0334. The summed E-state index contributed by atoms with van der Waals surface area (Å²) in [6.45, 7) is 0.566. The van der Waals surface area contributed by atoms with Gasteiger partial charge in [0.2, 0.25) is 5.91 Å². The Labute approximate surface area is 142 Å². The van der Waals surface area contributed by atoms with E-state index in [1.165, 1.54) is 5.39 Å². The van der Waals surface area contributed by atoms with E-state index < -0.39 is 0 Å². The molecular formula is C22H19NO. The van der Waals surface area contributed by atoms with Crippen LogP contribution in [0.2, 0.25) is 0 Å². The number of hydrogen-bond donors (Lipinski definition) is 1. The lowest BCUT2D eigenvalue weighted by molar-refractivity contribution is -0.121. The summed E-state index contributed by atoms with van der Waals surface area (Å²) in [4.78, 5) is 11.9. The molecule has 2 heteroatoms. The molecule has 24 heavy (non-hydrogen) atoms. The second-order valence-electron chi connectivity index (χ2n) is 5.59. The molecule has 0 bridgehead atoms. The van der Waals surface area contributed by atoms with E-state index in [1.54, 1.807) is 0 Å². The molecule has 1 N–H and O–H groups in total. The summed E-state index contributed by atoms with van der Waals surface area (Å²) >= 11 is 0. The molecule has 0 aromatic heterocycles. The molecular weight excluding hydrogens is 294 g/mol. The van der Waals surface area contributed by atoms with Crippen molar-refractivity contribution in [1.82, 2.24) is 5.32 Å². The van der Waals surface area contributed by atoms with Gasteiger partial charge in [0.15, 0.2) is 0 Å². The van der Waals surface area contributed by atoms with Gasteiger partial charge in [0.1, 0.15) is 0 Å². The number of nitrogens with one attached hydrogen (secondary N) is 1. The van der Waals surface area contributed by atoms with Gasteiger partial charge in [-0.1, -0.05) is 78.6 Å². The second kappa shape index (κ2) is 7.99. The minimum atomic E-state index is 0.0334. The lowest BCUT2D eigenvalue weighted by atomic mass is 10.0. The van der Waals surface area contributed by atoms with Crippen LogP contribution < -0.4 is 5.32 Å². The molecule has 3 aromatic rings. The molecule has 0 aliphatic rings. The molecule has 0 atom stereocenters. The Bertz CT molecular complexity index is 882. The van der Waals surface area contributed by atoms with Crippen molar-refractivity contribution in [2.75, 3.05) is 0 Å². The Kier molecular flexibility index (Phi) is 5.27. The molecule has 0 aliphatic heterocycles. The Hall–Kier alpha value is -3.05. The largest absolute Gasteiger partial charge is 0.352 e. The summed E-state index contributed by atoms with van der Waals surface area (Å²) < 4.78 is 0. The van der Waals surface area contributed by atoms with E-state index in [2.05, 4.69) is 35.4 Å². The van der Waals surface area contributed by atoms with Crippen molar-refractivity contribution in [3.63, 3.8) is 0 Å². The normalized spacial score (nSPS) is 10.0. The summed E-state index contributed by atoms with van der Waals surface area (Å²) in [6.07, 6.45) is 0.981. The number of carbonyl (C=O) groups excluding carboxylic acids is 1. The van der Waals surface area contributed by atoms with Crippen LogP contribution in [-0.2, 0) is 11.3 Å². The standard InChI is InChI=1S/C22H19NO/c24-22(23-17-18-9-2-1-3-10-18)16-7-5-12-20-14-8-13-19-11-4-6-15-21(19)20/h1-4,6,8-11,13-15H,7,16-17H2,(H,23,24). The van der Waals surface area contributed by atoms with Gasteiger partial charge in [-0.05, 0) is 22.4 Å². The van der Waals surface area contributed by atoms with Crippen LogP contribution in [0.25, 0.3) is 10.8 Å². The second-order valence-corrected chi connectivity index (χ2v) is 5.59. The average molecular weight is 313 g/mol. The molecule has 0 aliphatic carbocycles. The SMILES string of the molecule is O=C(CCC#Cc1cccc2ccccc12)NCc1ccccc1. The quantitative estimate of drug-likeness (QED) is 0.715. The molecule has 0 heterocycles. The Morgan fingerprint density at radius 1 is 0.875 bits per heavy atom. The maximum Gasteiger partial charge on any atom is 0.221 e. The first kappa shape index (κ1) is 15.8. The zero-order valence-electron chi connectivity index (χ0n) is 13.5. The first-order valence-electron chi connectivity index (χ1n) is 8.10. The van der Waals surface area contributed by atoms with Crippen molar-refractivity contribution in [3.05, 3.63) is 83.9 Å². The third-order valence-corrected chi connectivity index (χ3v) is 3.82. The van der Waals surface area contributed by atoms with Gasteiger partial charge in [-0.2, -0.15) is 0 Å². The minimum Gasteiger partial charge on any atom is -0.352 e. The van der Waals surface area contributed by atoms with Crippen molar-refractivity contribution in [2.24, 2.45) is 0 Å². The fourth-order valence-electron chi connectivity index (χ4n) is 2.55. The van der Waals surface area contributed by atoms with Crippen LogP contribution in [0.4, 0.5) is 0 Å². The summed E-state index contributed by atoms with van der Waals surface area (Å²) in [5, 5.41) is 5.26. The van der Waals surface area contributed by atoms with Gasteiger partial charge in [0, 0.05) is 24.9 Å². The Morgan fingerprint density at radius 3 is 2.50 bits per heavy atom. The molecule has 0 saturated carbocycles. The van der Waals surface area contributed by atoms with Crippen LogP contribution in [0.1, 0.15) is 24.0 Å². The van der Waals surface area contributed by atoms with E-state index in [0.717, 1.165) is 16.5 Å². The zero-order valence-corrected chi connectivity index (χ0v) is 13.5. The van der Waals surface area contributed by atoms with E-state index in [-0.39, 0.29) is 5.91 Å². The topological polar surface area (TPSA) is 29.1 Å². The molecule has 118 valence electrons. The summed E-state index contributed by atoms with van der Waals surface area (Å²) in [5.74, 6) is 6.33. The lowest BCUT2D eigenvalue weighted by Crippen LogP contribution is -2.22. The first-order chi connectivity index (χ1) is 11.8. The maximum atomic E-state index is 11.9. The maximum absolute atomic E-state index is 11.9. The highest BCUT2D eigenvalue weighted by atomic mass is 16.1. The summed E-state index contributed by atoms with van der Waals surface area (Å²) in [5.41, 5.74) is 2.12. The fraction of sp³-hybridized carbons (Fsp3) is 0.136. The van der Waals surface area contributed by atoms with Crippen LogP contribution in [0, 0.1) is 11.8 Å². The van der Waals surface area contributed by atoms with E-state index >= 15 is 0 Å². The molecule has 2 nitrogen and oxygen atoms in total. The van der Waals surface area contributed by atoms with Crippen LogP contribution in [0.5, 0.6) is 0 Å². The van der Waals surface area contributed by atoms with Crippen molar-refractivity contribution in [2.45, 2.75) is 19.4 Å². The van der Waals surface area contributed by atoms with Gasteiger partial charge in [-0.15, -0.1) is 0 Å². The molecule has 3 rings (SSSR count). The average Bonchev–Trinajstić information content (AvgIpc) is 2.64.